The molecule has 70 valence electrons. The number of nitrogens with one attached hydrogen (secondary N) is 1. The fourth-order valence-electron chi connectivity index (χ4n) is 1.71. The molecule has 2 unspecified atom stereocenters. The molecule has 1 saturated heterocycles. The molecule has 1 aliphatic heterocycles. The molecule has 0 saturated carbocycles. The van der Waals surface area contributed by atoms with Gasteiger partial charge in [-0.1, -0.05) is 5.16 Å². The molecular weight excluding hydrogens is 168 g/mol. The molecule has 0 radical (unpaired) electrons. The van der Waals surface area contributed by atoms with Crippen LogP contribution in [0.1, 0.15) is 31.4 Å². The first kappa shape index (κ1) is 8.44. The molecular formula is C9H12N2O2. The summed E-state index contributed by atoms with van der Waals surface area (Å²) in [6.45, 7) is 2.01. The minimum absolute atomic E-state index is 0.0856. The van der Waals surface area contributed by atoms with Crippen LogP contribution < -0.4 is 5.32 Å². The predicted octanol–water partition coefficient (Wildman–Crippen LogP) is 1.06. The third kappa shape index (κ3) is 1.78. The summed E-state index contributed by atoms with van der Waals surface area (Å²) in [5.41, 5.74) is 0.958. The summed E-state index contributed by atoms with van der Waals surface area (Å²) >= 11 is 0. The van der Waals surface area contributed by atoms with Gasteiger partial charge in [0.05, 0.1) is 6.20 Å². The quantitative estimate of drug-likeness (QED) is 0.702. The predicted molar refractivity (Wildman–Crippen MR) is 46.1 cm³/mol. The van der Waals surface area contributed by atoms with Gasteiger partial charge in [-0.2, -0.15) is 0 Å². The first-order chi connectivity index (χ1) is 6.25. The molecule has 1 N–H and O–H groups in total. The SMILES string of the molecule is CC1CC(=O)CC(c2cnoc2)N1. The third-order valence-electron chi connectivity index (χ3n) is 2.31. The lowest BCUT2D eigenvalue weighted by atomic mass is 9.95. The second-order valence-electron chi connectivity index (χ2n) is 3.52. The lowest BCUT2D eigenvalue weighted by molar-refractivity contribution is -0.121. The Hall–Kier alpha value is -1.16. The molecule has 0 amide bonds. The Labute approximate surface area is 76.3 Å². The number of carbonyl (C=O) groups is 1. The van der Waals surface area contributed by atoms with Crippen molar-refractivity contribution in [2.75, 3.05) is 0 Å². The molecule has 1 aromatic rings. The van der Waals surface area contributed by atoms with E-state index in [9.17, 15) is 4.79 Å². The smallest absolute Gasteiger partial charge is 0.136 e. The average Bonchev–Trinajstić information content (AvgIpc) is 2.53. The summed E-state index contributed by atoms with van der Waals surface area (Å²) in [5.74, 6) is 0.303. The number of aromatic nitrogens is 1. The number of Topliss-reactive ketones (excluding diaryl/α,β-unsaturated/α-hetero) is 1. The van der Waals surface area contributed by atoms with Crippen molar-refractivity contribution >= 4 is 5.78 Å². The maximum absolute atomic E-state index is 11.3. The standard InChI is InChI=1S/C9H12N2O2/c1-6-2-8(12)3-9(11-6)7-4-10-13-5-7/h4-6,9,11H,2-3H2,1H3. The van der Waals surface area contributed by atoms with Crippen LogP contribution >= 0.6 is 0 Å². The summed E-state index contributed by atoms with van der Waals surface area (Å²) in [4.78, 5) is 11.3. The highest BCUT2D eigenvalue weighted by Gasteiger charge is 2.25. The number of ketones is 1. The Morgan fingerprint density at radius 2 is 2.46 bits per heavy atom. The number of piperidine rings is 1. The van der Waals surface area contributed by atoms with Gasteiger partial charge in [-0.15, -0.1) is 0 Å². The Bertz CT molecular complexity index is 295. The third-order valence-corrected chi connectivity index (χ3v) is 2.31. The van der Waals surface area contributed by atoms with Crippen LogP contribution in [0.3, 0.4) is 0 Å². The van der Waals surface area contributed by atoms with E-state index < -0.39 is 0 Å². The lowest BCUT2D eigenvalue weighted by Crippen LogP contribution is -2.38. The van der Waals surface area contributed by atoms with Crippen molar-refractivity contribution < 1.29 is 9.32 Å². The number of hydrogen-bond donors (Lipinski definition) is 1. The van der Waals surface area contributed by atoms with Crippen LogP contribution in [-0.4, -0.2) is 17.0 Å². The summed E-state index contributed by atoms with van der Waals surface area (Å²) in [5, 5.41) is 6.95. The highest BCUT2D eigenvalue weighted by Crippen LogP contribution is 2.22. The van der Waals surface area contributed by atoms with Crippen LogP contribution in [0.15, 0.2) is 17.0 Å². The highest BCUT2D eigenvalue weighted by molar-refractivity contribution is 5.80. The second kappa shape index (κ2) is 3.30. The average molecular weight is 180 g/mol. The molecule has 2 rings (SSSR count). The van der Waals surface area contributed by atoms with Crippen LogP contribution in [0.2, 0.25) is 0 Å². The minimum Gasteiger partial charge on any atom is -0.364 e. The molecule has 13 heavy (non-hydrogen) atoms. The lowest BCUT2D eigenvalue weighted by Gasteiger charge is -2.26. The van der Waals surface area contributed by atoms with Gasteiger partial charge in [-0.3, -0.25) is 4.79 Å². The van der Waals surface area contributed by atoms with Crippen LogP contribution in [0, 0.1) is 0 Å². The van der Waals surface area contributed by atoms with E-state index in [4.69, 9.17) is 4.52 Å². The highest BCUT2D eigenvalue weighted by atomic mass is 16.5. The molecule has 1 fully saturated rings. The molecule has 0 spiro atoms. The number of hydrogen-bond acceptors (Lipinski definition) is 4. The zero-order valence-corrected chi connectivity index (χ0v) is 7.49. The van der Waals surface area contributed by atoms with Gasteiger partial charge >= 0.3 is 0 Å². The van der Waals surface area contributed by atoms with E-state index in [1.807, 2.05) is 6.92 Å². The number of nitrogens with zero attached hydrogens (tertiary/aromatic N) is 1. The summed E-state index contributed by atoms with van der Waals surface area (Å²) < 4.78 is 4.74. The molecule has 2 atom stereocenters. The minimum atomic E-state index is 0.0856. The monoisotopic (exact) mass is 180 g/mol. The Kier molecular flexibility index (Phi) is 2.14. The normalized spacial score (nSPS) is 29.2. The second-order valence-corrected chi connectivity index (χ2v) is 3.52. The fraction of sp³-hybridized carbons (Fsp3) is 0.556. The van der Waals surface area contributed by atoms with Crippen molar-refractivity contribution in [1.29, 1.82) is 0 Å². The molecule has 0 aromatic carbocycles. The van der Waals surface area contributed by atoms with Gasteiger partial charge < -0.3 is 9.84 Å². The van der Waals surface area contributed by atoms with Gasteiger partial charge in [-0.25, -0.2) is 0 Å². The van der Waals surface area contributed by atoms with Crippen molar-refractivity contribution in [2.24, 2.45) is 0 Å². The Morgan fingerprint density at radius 3 is 3.08 bits per heavy atom. The van der Waals surface area contributed by atoms with Gasteiger partial charge in [-0.05, 0) is 6.92 Å². The van der Waals surface area contributed by atoms with E-state index >= 15 is 0 Å². The summed E-state index contributed by atoms with van der Waals surface area (Å²) in [6.07, 6.45) is 4.42. The number of carbonyl (C=O) groups excluding carboxylic acids is 1. The van der Waals surface area contributed by atoms with Crippen molar-refractivity contribution in [3.05, 3.63) is 18.0 Å². The molecule has 2 heterocycles. The Morgan fingerprint density at radius 1 is 1.62 bits per heavy atom. The molecule has 4 nitrogen and oxygen atoms in total. The van der Waals surface area contributed by atoms with Gasteiger partial charge in [0.2, 0.25) is 0 Å². The van der Waals surface area contributed by atoms with Crippen LogP contribution in [0.25, 0.3) is 0 Å². The van der Waals surface area contributed by atoms with Crippen LogP contribution in [0.5, 0.6) is 0 Å². The van der Waals surface area contributed by atoms with Crippen molar-refractivity contribution in [1.82, 2.24) is 10.5 Å². The van der Waals surface area contributed by atoms with E-state index in [-0.39, 0.29) is 12.1 Å². The van der Waals surface area contributed by atoms with E-state index in [0.29, 0.717) is 18.6 Å². The van der Waals surface area contributed by atoms with Crippen molar-refractivity contribution in [2.45, 2.75) is 31.8 Å². The van der Waals surface area contributed by atoms with Gasteiger partial charge in [0.15, 0.2) is 0 Å². The van der Waals surface area contributed by atoms with Gasteiger partial charge in [0.25, 0.3) is 0 Å². The zero-order valence-electron chi connectivity index (χ0n) is 7.49. The zero-order chi connectivity index (χ0) is 9.26. The fourth-order valence-corrected chi connectivity index (χ4v) is 1.71. The van der Waals surface area contributed by atoms with Gasteiger partial charge in [0, 0.05) is 30.5 Å². The summed E-state index contributed by atoms with van der Waals surface area (Å²) in [7, 11) is 0. The maximum atomic E-state index is 11.3. The maximum Gasteiger partial charge on any atom is 0.136 e. The molecule has 1 aromatic heterocycles. The molecule has 0 bridgehead atoms. The van der Waals surface area contributed by atoms with Gasteiger partial charge in [0.1, 0.15) is 12.0 Å². The van der Waals surface area contributed by atoms with Crippen molar-refractivity contribution in [3.8, 4) is 0 Å². The topological polar surface area (TPSA) is 55.1 Å². The van der Waals surface area contributed by atoms with E-state index in [1.165, 1.54) is 0 Å². The largest absolute Gasteiger partial charge is 0.364 e. The Balaban J connectivity index is 2.12. The van der Waals surface area contributed by atoms with Crippen molar-refractivity contribution in [3.63, 3.8) is 0 Å². The first-order valence-electron chi connectivity index (χ1n) is 4.42. The van der Waals surface area contributed by atoms with Crippen LogP contribution in [0.4, 0.5) is 0 Å². The van der Waals surface area contributed by atoms with E-state index in [2.05, 4.69) is 10.5 Å². The molecule has 4 heteroatoms. The molecule has 1 aliphatic rings. The van der Waals surface area contributed by atoms with Crippen LogP contribution in [-0.2, 0) is 4.79 Å². The number of rotatable bonds is 1. The summed E-state index contributed by atoms with van der Waals surface area (Å²) in [6, 6.07) is 0.337. The van der Waals surface area contributed by atoms with E-state index in [0.717, 1.165) is 5.56 Å². The van der Waals surface area contributed by atoms with E-state index in [1.54, 1.807) is 12.5 Å². The first-order valence-corrected chi connectivity index (χ1v) is 4.42. The molecule has 0 aliphatic carbocycles.